The average Bonchev–Trinajstić information content (AvgIpc) is 2.25. The molecule has 0 fully saturated rings. The van der Waals surface area contributed by atoms with Crippen LogP contribution in [0.2, 0.25) is 0 Å². The van der Waals surface area contributed by atoms with Crippen molar-refractivity contribution in [2.75, 3.05) is 0 Å². The van der Waals surface area contributed by atoms with E-state index in [1.165, 1.54) is 26.9 Å². The number of aromatic nitrogens is 2. The van der Waals surface area contributed by atoms with Crippen LogP contribution in [-0.4, -0.2) is 9.78 Å². The molecule has 1 aromatic heterocycles. The second-order valence-corrected chi connectivity index (χ2v) is 5.79. The van der Waals surface area contributed by atoms with Gasteiger partial charge in [0.1, 0.15) is 0 Å². The molecule has 0 aliphatic carbocycles. The van der Waals surface area contributed by atoms with E-state index < -0.39 is 0 Å². The summed E-state index contributed by atoms with van der Waals surface area (Å²) in [6, 6.07) is 5.88. The number of aryl methyl sites for hydroxylation is 3. The fourth-order valence-electron chi connectivity index (χ4n) is 2.14. The van der Waals surface area contributed by atoms with Gasteiger partial charge in [-0.05, 0) is 60.1 Å². The van der Waals surface area contributed by atoms with Crippen LogP contribution in [0.15, 0.2) is 29.2 Å². The van der Waals surface area contributed by atoms with Crippen LogP contribution in [-0.2, 0) is 6.54 Å². The van der Waals surface area contributed by atoms with E-state index in [0.717, 1.165) is 3.57 Å². The zero-order chi connectivity index (χ0) is 13.3. The standard InChI is InChI=1S/C14H15IN2O/c1-9-4-10(2)13(11(3)5-9)8-17-14(18)6-12(15)7-16-17/h4-7H,8H2,1-3H3. The Balaban J connectivity index is 2.43. The van der Waals surface area contributed by atoms with Gasteiger partial charge in [0.2, 0.25) is 0 Å². The van der Waals surface area contributed by atoms with Gasteiger partial charge in [-0.2, -0.15) is 5.10 Å². The summed E-state index contributed by atoms with van der Waals surface area (Å²) in [6.07, 6.45) is 1.71. The number of hydrogen-bond donors (Lipinski definition) is 0. The van der Waals surface area contributed by atoms with Crippen molar-refractivity contribution in [2.24, 2.45) is 0 Å². The number of hydrogen-bond acceptors (Lipinski definition) is 2. The van der Waals surface area contributed by atoms with E-state index in [1.807, 2.05) is 0 Å². The van der Waals surface area contributed by atoms with Crippen molar-refractivity contribution in [1.82, 2.24) is 9.78 Å². The Hall–Kier alpha value is -1.17. The molecule has 3 nitrogen and oxygen atoms in total. The van der Waals surface area contributed by atoms with Gasteiger partial charge in [-0.3, -0.25) is 4.79 Å². The van der Waals surface area contributed by atoms with E-state index in [4.69, 9.17) is 0 Å². The predicted molar refractivity (Wildman–Crippen MR) is 81.0 cm³/mol. The summed E-state index contributed by atoms with van der Waals surface area (Å²) in [7, 11) is 0. The first-order valence-electron chi connectivity index (χ1n) is 5.77. The van der Waals surface area contributed by atoms with Crippen LogP contribution >= 0.6 is 22.6 Å². The van der Waals surface area contributed by atoms with Crippen molar-refractivity contribution in [3.05, 3.63) is 60.6 Å². The summed E-state index contributed by atoms with van der Waals surface area (Å²) in [5, 5.41) is 4.17. The summed E-state index contributed by atoms with van der Waals surface area (Å²) in [5.41, 5.74) is 4.79. The zero-order valence-electron chi connectivity index (χ0n) is 10.7. The molecule has 2 aromatic rings. The number of halogens is 1. The summed E-state index contributed by atoms with van der Waals surface area (Å²) < 4.78 is 2.37. The highest BCUT2D eigenvalue weighted by Gasteiger charge is 2.06. The molecular weight excluding hydrogens is 339 g/mol. The summed E-state index contributed by atoms with van der Waals surface area (Å²) in [6.45, 7) is 6.77. The Morgan fingerprint density at radius 3 is 2.33 bits per heavy atom. The van der Waals surface area contributed by atoms with Crippen LogP contribution < -0.4 is 5.56 Å². The number of rotatable bonds is 2. The van der Waals surface area contributed by atoms with Gasteiger partial charge in [0.15, 0.2) is 0 Å². The molecule has 0 aliphatic heterocycles. The molecule has 18 heavy (non-hydrogen) atoms. The largest absolute Gasteiger partial charge is 0.268 e. The van der Waals surface area contributed by atoms with E-state index >= 15 is 0 Å². The fraction of sp³-hybridized carbons (Fsp3) is 0.286. The molecule has 0 saturated carbocycles. The lowest BCUT2D eigenvalue weighted by atomic mass is 10.00. The Kier molecular flexibility index (Phi) is 3.85. The minimum atomic E-state index is -0.0544. The fourth-order valence-corrected chi connectivity index (χ4v) is 2.53. The molecule has 0 saturated heterocycles. The maximum absolute atomic E-state index is 11.8. The van der Waals surface area contributed by atoms with E-state index in [1.54, 1.807) is 12.3 Å². The Labute approximate surface area is 120 Å². The van der Waals surface area contributed by atoms with E-state index in [0.29, 0.717) is 6.54 Å². The van der Waals surface area contributed by atoms with Crippen molar-refractivity contribution in [3.63, 3.8) is 0 Å². The van der Waals surface area contributed by atoms with Crippen LogP contribution in [0.5, 0.6) is 0 Å². The van der Waals surface area contributed by atoms with Crippen LogP contribution in [0.1, 0.15) is 22.3 Å². The van der Waals surface area contributed by atoms with Crippen molar-refractivity contribution >= 4 is 22.6 Å². The molecule has 94 valence electrons. The molecule has 0 amide bonds. The molecule has 4 heteroatoms. The Morgan fingerprint density at radius 1 is 1.17 bits per heavy atom. The minimum Gasteiger partial charge on any atom is -0.268 e. The molecular formula is C14H15IN2O. The maximum atomic E-state index is 11.8. The molecule has 0 unspecified atom stereocenters. The van der Waals surface area contributed by atoms with Gasteiger partial charge in [0.05, 0.1) is 12.7 Å². The molecule has 0 spiro atoms. The Morgan fingerprint density at radius 2 is 1.78 bits per heavy atom. The highest BCUT2D eigenvalue weighted by atomic mass is 127. The van der Waals surface area contributed by atoms with Gasteiger partial charge >= 0.3 is 0 Å². The lowest BCUT2D eigenvalue weighted by Crippen LogP contribution is -2.23. The van der Waals surface area contributed by atoms with E-state index in [-0.39, 0.29) is 5.56 Å². The quantitative estimate of drug-likeness (QED) is 0.778. The van der Waals surface area contributed by atoms with Gasteiger partial charge < -0.3 is 0 Å². The second kappa shape index (κ2) is 5.22. The van der Waals surface area contributed by atoms with Crippen molar-refractivity contribution in [3.8, 4) is 0 Å². The minimum absolute atomic E-state index is 0.0544. The monoisotopic (exact) mass is 354 g/mol. The van der Waals surface area contributed by atoms with Crippen molar-refractivity contribution in [2.45, 2.75) is 27.3 Å². The van der Waals surface area contributed by atoms with Gasteiger partial charge in [-0.1, -0.05) is 17.7 Å². The third kappa shape index (κ3) is 2.80. The maximum Gasteiger partial charge on any atom is 0.268 e. The van der Waals surface area contributed by atoms with Crippen molar-refractivity contribution in [1.29, 1.82) is 0 Å². The first-order valence-corrected chi connectivity index (χ1v) is 6.84. The van der Waals surface area contributed by atoms with Gasteiger partial charge in [-0.25, -0.2) is 4.68 Å². The smallest absolute Gasteiger partial charge is 0.268 e. The van der Waals surface area contributed by atoms with Gasteiger partial charge in [0, 0.05) is 9.64 Å². The number of benzene rings is 1. The molecule has 0 bridgehead atoms. The third-order valence-corrected chi connectivity index (χ3v) is 3.57. The van der Waals surface area contributed by atoms with Gasteiger partial charge in [0.25, 0.3) is 5.56 Å². The van der Waals surface area contributed by atoms with Crippen LogP contribution in [0.3, 0.4) is 0 Å². The normalized spacial score (nSPS) is 10.7. The topological polar surface area (TPSA) is 34.9 Å². The zero-order valence-corrected chi connectivity index (χ0v) is 12.9. The van der Waals surface area contributed by atoms with Crippen molar-refractivity contribution < 1.29 is 0 Å². The lowest BCUT2D eigenvalue weighted by molar-refractivity contribution is 0.632. The first-order chi connectivity index (χ1) is 8.47. The summed E-state index contributed by atoms with van der Waals surface area (Å²) in [5.74, 6) is 0. The van der Waals surface area contributed by atoms with Gasteiger partial charge in [-0.15, -0.1) is 0 Å². The number of nitrogens with zero attached hydrogens (tertiary/aromatic N) is 2. The second-order valence-electron chi connectivity index (χ2n) is 4.55. The summed E-state index contributed by atoms with van der Waals surface area (Å²) in [4.78, 5) is 11.8. The molecule has 0 radical (unpaired) electrons. The average molecular weight is 354 g/mol. The van der Waals surface area contributed by atoms with E-state index in [2.05, 4.69) is 60.6 Å². The van der Waals surface area contributed by atoms with Crippen LogP contribution in [0.25, 0.3) is 0 Å². The lowest BCUT2D eigenvalue weighted by Gasteiger charge is -2.12. The third-order valence-electron chi connectivity index (χ3n) is 2.98. The molecule has 1 heterocycles. The predicted octanol–water partition coefficient (Wildman–Crippen LogP) is 2.82. The SMILES string of the molecule is Cc1cc(C)c(Cn2ncc(I)cc2=O)c(C)c1. The summed E-state index contributed by atoms with van der Waals surface area (Å²) >= 11 is 2.10. The molecule has 2 rings (SSSR count). The molecule has 1 aromatic carbocycles. The molecule has 0 aliphatic rings. The van der Waals surface area contributed by atoms with Crippen LogP contribution in [0.4, 0.5) is 0 Å². The molecule has 0 N–H and O–H groups in total. The van der Waals surface area contributed by atoms with Crippen LogP contribution in [0, 0.1) is 24.3 Å². The van der Waals surface area contributed by atoms with E-state index in [9.17, 15) is 4.79 Å². The Bertz CT molecular complexity index is 623. The highest BCUT2D eigenvalue weighted by molar-refractivity contribution is 14.1. The molecule has 0 atom stereocenters. The first kappa shape index (κ1) is 13.3. The highest BCUT2D eigenvalue weighted by Crippen LogP contribution is 2.16.